The summed E-state index contributed by atoms with van der Waals surface area (Å²) in [4.78, 5) is 24.4. The number of sulfonamides is 1. The third kappa shape index (κ3) is 4.89. The molecule has 1 saturated heterocycles. The Morgan fingerprint density at radius 1 is 1.21 bits per heavy atom. The van der Waals surface area contributed by atoms with E-state index in [4.69, 9.17) is 9.47 Å². The van der Waals surface area contributed by atoms with Gasteiger partial charge in [-0.25, -0.2) is 13.2 Å². The molecule has 1 aromatic rings. The molecule has 0 spiro atoms. The Kier molecular flexibility index (Phi) is 6.07. The van der Waals surface area contributed by atoms with Crippen LogP contribution >= 0.6 is 0 Å². The summed E-state index contributed by atoms with van der Waals surface area (Å²) >= 11 is 0. The Morgan fingerprint density at radius 2 is 1.86 bits per heavy atom. The second-order valence-corrected chi connectivity index (χ2v) is 9.38. The number of morpholine rings is 1. The number of benzene rings is 1. The Balaban J connectivity index is 1.71. The van der Waals surface area contributed by atoms with Gasteiger partial charge in [0.05, 0.1) is 22.7 Å². The predicted octanol–water partition coefficient (Wildman–Crippen LogP) is 1.31. The lowest BCUT2D eigenvalue weighted by Gasteiger charge is -2.34. The van der Waals surface area contributed by atoms with Gasteiger partial charge in [-0.3, -0.25) is 4.79 Å². The molecule has 2 aliphatic rings. The number of hydrogen-bond donors (Lipinski definition) is 1. The van der Waals surface area contributed by atoms with Gasteiger partial charge in [0.15, 0.2) is 6.10 Å². The molecule has 3 atom stereocenters. The van der Waals surface area contributed by atoms with Crippen LogP contribution in [0.1, 0.15) is 44.0 Å². The van der Waals surface area contributed by atoms with E-state index in [0.29, 0.717) is 0 Å². The Bertz CT molecular complexity index is 842. The van der Waals surface area contributed by atoms with Crippen LogP contribution in [0.4, 0.5) is 0 Å². The fourth-order valence-corrected chi connectivity index (χ4v) is 4.72. The van der Waals surface area contributed by atoms with Crippen molar-refractivity contribution in [3.63, 3.8) is 0 Å². The summed E-state index contributed by atoms with van der Waals surface area (Å²) in [7, 11) is -3.77. The number of carbonyl (C=O) groups is 2. The Morgan fingerprint density at radius 3 is 2.46 bits per heavy atom. The van der Waals surface area contributed by atoms with Crippen molar-refractivity contribution < 1.29 is 27.5 Å². The molecular weight excluding hydrogens is 384 g/mol. The van der Waals surface area contributed by atoms with Crippen LogP contribution in [0.2, 0.25) is 0 Å². The number of amides is 1. The number of rotatable bonds is 6. The summed E-state index contributed by atoms with van der Waals surface area (Å²) in [6.45, 7) is 5.63. The van der Waals surface area contributed by atoms with Crippen molar-refractivity contribution in [2.75, 3.05) is 13.1 Å². The van der Waals surface area contributed by atoms with Crippen LogP contribution in [0, 0.1) is 0 Å². The smallest absolute Gasteiger partial charge is 0.338 e. The number of esters is 1. The SMILES string of the molecule is C[C@@H]1CN(S(=O)(=O)c2cccc(C(=O)O[C@@H](C)C(=O)NC3CC3)c2)C[C@@H](C)O1. The summed E-state index contributed by atoms with van der Waals surface area (Å²) in [6, 6.07) is 5.86. The Labute approximate surface area is 165 Å². The van der Waals surface area contributed by atoms with Crippen LogP contribution in [-0.2, 0) is 24.3 Å². The summed E-state index contributed by atoms with van der Waals surface area (Å²) in [5, 5.41) is 2.77. The van der Waals surface area contributed by atoms with Gasteiger partial charge in [-0.15, -0.1) is 0 Å². The molecule has 154 valence electrons. The van der Waals surface area contributed by atoms with E-state index in [9.17, 15) is 18.0 Å². The van der Waals surface area contributed by atoms with Gasteiger partial charge in [-0.2, -0.15) is 4.31 Å². The van der Waals surface area contributed by atoms with E-state index in [0.717, 1.165) is 12.8 Å². The topological polar surface area (TPSA) is 102 Å². The molecule has 1 saturated carbocycles. The van der Waals surface area contributed by atoms with Gasteiger partial charge < -0.3 is 14.8 Å². The first-order valence-electron chi connectivity index (χ1n) is 9.44. The highest BCUT2D eigenvalue weighted by atomic mass is 32.2. The predicted molar refractivity (Wildman–Crippen MR) is 101 cm³/mol. The summed E-state index contributed by atoms with van der Waals surface area (Å²) in [6.07, 6.45) is 0.500. The number of ether oxygens (including phenoxy) is 2. The second-order valence-electron chi connectivity index (χ2n) is 7.44. The highest BCUT2D eigenvalue weighted by Crippen LogP contribution is 2.22. The highest BCUT2D eigenvalue weighted by Gasteiger charge is 2.33. The van der Waals surface area contributed by atoms with Gasteiger partial charge in [0, 0.05) is 19.1 Å². The normalized spacial score (nSPS) is 24.4. The van der Waals surface area contributed by atoms with Gasteiger partial charge in [-0.05, 0) is 51.8 Å². The summed E-state index contributed by atoms with van der Waals surface area (Å²) in [5.74, 6) is -1.09. The molecule has 1 aliphatic carbocycles. The number of carbonyl (C=O) groups excluding carboxylic acids is 2. The van der Waals surface area contributed by atoms with E-state index in [1.165, 1.54) is 35.5 Å². The van der Waals surface area contributed by atoms with Gasteiger partial charge in [0.1, 0.15) is 0 Å². The van der Waals surface area contributed by atoms with Crippen molar-refractivity contribution in [3.8, 4) is 0 Å². The van der Waals surface area contributed by atoms with Gasteiger partial charge in [-0.1, -0.05) is 6.07 Å². The maximum Gasteiger partial charge on any atom is 0.338 e. The maximum atomic E-state index is 13.0. The molecule has 1 N–H and O–H groups in total. The molecule has 28 heavy (non-hydrogen) atoms. The van der Waals surface area contributed by atoms with Crippen molar-refractivity contribution in [1.82, 2.24) is 9.62 Å². The van der Waals surface area contributed by atoms with Gasteiger partial charge in [0.2, 0.25) is 10.0 Å². The molecule has 1 aromatic carbocycles. The van der Waals surface area contributed by atoms with Crippen LogP contribution in [0.5, 0.6) is 0 Å². The van der Waals surface area contributed by atoms with Crippen molar-refractivity contribution in [2.24, 2.45) is 0 Å². The maximum absolute atomic E-state index is 13.0. The first-order valence-corrected chi connectivity index (χ1v) is 10.9. The van der Waals surface area contributed by atoms with Gasteiger partial charge in [0.25, 0.3) is 5.91 Å². The number of hydrogen-bond acceptors (Lipinski definition) is 6. The zero-order valence-electron chi connectivity index (χ0n) is 16.3. The van der Waals surface area contributed by atoms with E-state index < -0.39 is 22.1 Å². The van der Waals surface area contributed by atoms with Crippen LogP contribution in [0.25, 0.3) is 0 Å². The second kappa shape index (κ2) is 8.18. The third-order valence-electron chi connectivity index (χ3n) is 4.67. The molecule has 0 unspecified atom stereocenters. The number of nitrogens with zero attached hydrogens (tertiary/aromatic N) is 1. The van der Waals surface area contributed by atoms with Gasteiger partial charge >= 0.3 is 5.97 Å². The summed E-state index contributed by atoms with van der Waals surface area (Å²) < 4.78 is 38.1. The molecule has 0 aromatic heterocycles. The molecule has 1 aliphatic heterocycles. The molecule has 0 radical (unpaired) electrons. The van der Waals surface area contributed by atoms with E-state index in [1.54, 1.807) is 0 Å². The molecule has 1 heterocycles. The van der Waals surface area contributed by atoms with Crippen molar-refractivity contribution in [1.29, 1.82) is 0 Å². The van der Waals surface area contributed by atoms with Crippen LogP contribution < -0.4 is 5.32 Å². The van der Waals surface area contributed by atoms with E-state index in [1.807, 2.05) is 13.8 Å². The lowest BCUT2D eigenvalue weighted by Crippen LogP contribution is -2.48. The lowest BCUT2D eigenvalue weighted by molar-refractivity contribution is -0.129. The average Bonchev–Trinajstić information content (AvgIpc) is 3.44. The quantitative estimate of drug-likeness (QED) is 0.710. The first kappa shape index (κ1) is 20.8. The standard InChI is InChI=1S/C19H26N2O6S/c1-12-10-21(11-13(2)26-12)28(24,25)17-6-4-5-15(9-17)19(23)27-14(3)18(22)20-16-7-8-16/h4-6,9,12-14,16H,7-8,10-11H2,1-3H3,(H,20,22)/t12-,13-,14+/m1/s1. The summed E-state index contributed by atoms with van der Waals surface area (Å²) in [5.41, 5.74) is 0.0847. The van der Waals surface area contributed by atoms with Crippen molar-refractivity contribution in [3.05, 3.63) is 29.8 Å². The molecule has 0 bridgehead atoms. The van der Waals surface area contributed by atoms with Crippen LogP contribution in [0.3, 0.4) is 0 Å². The molecule has 3 rings (SSSR count). The van der Waals surface area contributed by atoms with Crippen LogP contribution in [0.15, 0.2) is 29.2 Å². The van der Waals surface area contributed by atoms with Crippen molar-refractivity contribution in [2.45, 2.75) is 62.9 Å². The molecule has 8 nitrogen and oxygen atoms in total. The zero-order chi connectivity index (χ0) is 20.5. The molecule has 9 heteroatoms. The minimum atomic E-state index is -3.77. The van der Waals surface area contributed by atoms with E-state index in [2.05, 4.69) is 5.32 Å². The zero-order valence-corrected chi connectivity index (χ0v) is 17.1. The van der Waals surface area contributed by atoms with Crippen LogP contribution in [-0.4, -0.2) is 62.0 Å². The molecular formula is C19H26N2O6S. The molecule has 1 amide bonds. The van der Waals surface area contributed by atoms with E-state index in [-0.39, 0.29) is 47.7 Å². The third-order valence-corrected chi connectivity index (χ3v) is 6.50. The molecule has 2 fully saturated rings. The lowest BCUT2D eigenvalue weighted by atomic mass is 10.2. The van der Waals surface area contributed by atoms with E-state index >= 15 is 0 Å². The average molecular weight is 410 g/mol. The number of nitrogens with one attached hydrogen (secondary N) is 1. The first-order chi connectivity index (χ1) is 13.2. The van der Waals surface area contributed by atoms with Crippen molar-refractivity contribution >= 4 is 21.9 Å². The minimum absolute atomic E-state index is 0.0123. The monoisotopic (exact) mass is 410 g/mol. The largest absolute Gasteiger partial charge is 0.449 e. The fraction of sp³-hybridized carbons (Fsp3) is 0.579. The fourth-order valence-electron chi connectivity index (χ4n) is 3.09. The minimum Gasteiger partial charge on any atom is -0.449 e. The highest BCUT2D eigenvalue weighted by molar-refractivity contribution is 7.89. The Hall–Kier alpha value is -1.97.